The zero-order valence-electron chi connectivity index (χ0n) is 16.6. The molecule has 2 aromatic carbocycles. The van der Waals surface area contributed by atoms with Crippen LogP contribution in [0.1, 0.15) is 16.1 Å². The van der Waals surface area contributed by atoms with E-state index in [0.717, 1.165) is 20.6 Å². The van der Waals surface area contributed by atoms with Crippen LogP contribution in [-0.4, -0.2) is 28.1 Å². The number of hydrogen-bond acceptors (Lipinski definition) is 4. The van der Waals surface area contributed by atoms with E-state index in [9.17, 15) is 9.59 Å². The minimum atomic E-state index is -0.373. The van der Waals surface area contributed by atoms with E-state index in [4.69, 9.17) is 0 Å². The van der Waals surface area contributed by atoms with Gasteiger partial charge in [-0.25, -0.2) is 4.68 Å². The highest BCUT2D eigenvalue weighted by Crippen LogP contribution is 2.26. The molecule has 0 aliphatic heterocycles. The third kappa shape index (κ3) is 4.92. The number of halogens is 1. The molecule has 2 N–H and O–H groups in total. The Morgan fingerprint density at radius 3 is 2.58 bits per heavy atom. The van der Waals surface area contributed by atoms with Crippen molar-refractivity contribution in [3.63, 3.8) is 0 Å². The summed E-state index contributed by atoms with van der Waals surface area (Å²) in [5.74, 6) is -0.676. The lowest BCUT2D eigenvalue weighted by molar-refractivity contribution is -0.115. The third-order valence-corrected chi connectivity index (χ3v) is 5.97. The van der Waals surface area contributed by atoms with E-state index in [1.54, 1.807) is 22.1 Å². The Morgan fingerprint density at radius 2 is 1.87 bits per heavy atom. The lowest BCUT2D eigenvalue weighted by Gasteiger charge is -2.10. The second kappa shape index (κ2) is 9.28. The summed E-state index contributed by atoms with van der Waals surface area (Å²) in [4.78, 5) is 26.3. The van der Waals surface area contributed by atoms with Crippen LogP contribution in [0.4, 0.5) is 5.69 Å². The average molecular weight is 495 g/mol. The van der Waals surface area contributed by atoms with E-state index < -0.39 is 0 Å². The van der Waals surface area contributed by atoms with E-state index in [1.165, 1.54) is 0 Å². The molecule has 8 heteroatoms. The smallest absolute Gasteiger partial charge is 0.270 e. The monoisotopic (exact) mass is 494 g/mol. The number of nitrogens with one attached hydrogen (secondary N) is 2. The van der Waals surface area contributed by atoms with Gasteiger partial charge in [0.15, 0.2) is 0 Å². The summed E-state index contributed by atoms with van der Waals surface area (Å²) < 4.78 is 2.54. The third-order valence-electron chi connectivity index (χ3n) is 4.59. The summed E-state index contributed by atoms with van der Waals surface area (Å²) in [6.45, 7) is 1.76. The number of carbonyl (C=O) groups excluding carboxylic acids is 2. The van der Waals surface area contributed by atoms with Crippen LogP contribution in [0.15, 0.2) is 76.6 Å². The van der Waals surface area contributed by atoms with Crippen LogP contribution >= 0.6 is 27.3 Å². The highest BCUT2D eigenvalue weighted by atomic mass is 79.9. The summed E-state index contributed by atoms with van der Waals surface area (Å²) in [6.07, 6.45) is 0. The molecule has 2 amide bonds. The van der Waals surface area contributed by atoms with Gasteiger partial charge in [0.2, 0.25) is 5.91 Å². The number of nitrogens with zero attached hydrogens (tertiary/aromatic N) is 2. The number of benzene rings is 2. The molecule has 0 aliphatic carbocycles. The van der Waals surface area contributed by atoms with Crippen molar-refractivity contribution in [3.05, 3.63) is 87.8 Å². The number of aryl methyl sites for hydroxylation is 1. The predicted molar refractivity (Wildman–Crippen MR) is 127 cm³/mol. The molecule has 156 valence electrons. The Morgan fingerprint density at radius 1 is 1.06 bits per heavy atom. The fraction of sp³-hybridized carbons (Fsp3) is 0.0870. The molecular formula is C23H19BrN4O2S. The second-order valence-corrected chi connectivity index (χ2v) is 8.69. The Balaban J connectivity index is 1.51. The maximum atomic E-state index is 12.9. The van der Waals surface area contributed by atoms with Crippen LogP contribution in [0.2, 0.25) is 0 Å². The van der Waals surface area contributed by atoms with Gasteiger partial charge < -0.3 is 10.6 Å². The van der Waals surface area contributed by atoms with Crippen LogP contribution in [0, 0.1) is 6.92 Å². The molecule has 0 atom stereocenters. The van der Waals surface area contributed by atoms with E-state index >= 15 is 0 Å². The first-order valence-electron chi connectivity index (χ1n) is 9.55. The van der Waals surface area contributed by atoms with E-state index in [0.29, 0.717) is 17.1 Å². The minimum absolute atomic E-state index is 0.150. The molecule has 0 aliphatic rings. The Kier molecular flexibility index (Phi) is 6.29. The maximum Gasteiger partial charge on any atom is 0.270 e. The van der Waals surface area contributed by atoms with Crippen molar-refractivity contribution in [2.45, 2.75) is 6.92 Å². The number of carbonyl (C=O) groups is 2. The van der Waals surface area contributed by atoms with Crippen LogP contribution in [0.25, 0.3) is 16.3 Å². The first-order valence-corrected chi connectivity index (χ1v) is 11.2. The quantitative estimate of drug-likeness (QED) is 0.394. The standard InChI is InChI=1S/C23H19BrN4O2S/c1-15-12-16(24)9-10-18(15)26-22(29)14-25-23(30)20-13-19(21-8-5-11-31-21)27-28(20)17-6-3-2-4-7-17/h2-13H,14H2,1H3,(H,25,30)(H,26,29). The predicted octanol–water partition coefficient (Wildman–Crippen LogP) is 5.04. The second-order valence-electron chi connectivity index (χ2n) is 6.83. The van der Waals surface area contributed by atoms with Gasteiger partial charge in [-0.15, -0.1) is 11.3 Å². The molecule has 0 spiro atoms. The molecule has 4 aromatic rings. The fourth-order valence-electron chi connectivity index (χ4n) is 3.07. The van der Waals surface area contributed by atoms with E-state index in [2.05, 4.69) is 31.7 Å². The molecule has 0 fully saturated rings. The van der Waals surface area contributed by atoms with Crippen LogP contribution in [0.3, 0.4) is 0 Å². The van der Waals surface area contributed by atoms with Gasteiger partial charge in [0.05, 0.1) is 17.1 Å². The van der Waals surface area contributed by atoms with Crippen LogP contribution in [0.5, 0.6) is 0 Å². The number of anilines is 1. The molecular weight excluding hydrogens is 476 g/mol. The van der Waals surface area contributed by atoms with Gasteiger partial charge in [-0.3, -0.25) is 9.59 Å². The number of aromatic nitrogens is 2. The Labute approximate surface area is 192 Å². The molecule has 0 saturated carbocycles. The lowest BCUT2D eigenvalue weighted by atomic mass is 10.2. The van der Waals surface area contributed by atoms with Gasteiger partial charge >= 0.3 is 0 Å². The Hall–Kier alpha value is -3.23. The minimum Gasteiger partial charge on any atom is -0.342 e. The fourth-order valence-corrected chi connectivity index (χ4v) is 4.22. The van der Waals surface area contributed by atoms with Crippen LogP contribution in [-0.2, 0) is 4.79 Å². The number of amides is 2. The molecule has 0 bridgehead atoms. The summed E-state index contributed by atoms with van der Waals surface area (Å²) >= 11 is 4.95. The normalized spacial score (nSPS) is 10.6. The highest BCUT2D eigenvalue weighted by molar-refractivity contribution is 9.10. The molecule has 0 saturated heterocycles. The highest BCUT2D eigenvalue weighted by Gasteiger charge is 2.19. The molecule has 2 heterocycles. The van der Waals surface area contributed by atoms with Gasteiger partial charge in [0.1, 0.15) is 11.4 Å². The molecule has 0 unspecified atom stereocenters. The maximum absolute atomic E-state index is 12.9. The van der Waals surface area contributed by atoms with Gasteiger partial charge in [0, 0.05) is 10.2 Å². The first-order chi connectivity index (χ1) is 15.0. The molecule has 4 rings (SSSR count). The van der Waals surface area contributed by atoms with Gasteiger partial charge in [-0.1, -0.05) is 40.2 Å². The van der Waals surface area contributed by atoms with Crippen molar-refractivity contribution in [2.24, 2.45) is 0 Å². The molecule has 0 radical (unpaired) electrons. The molecule has 2 aromatic heterocycles. The first kappa shape index (κ1) is 21.0. The van der Waals surface area contributed by atoms with E-state index in [1.807, 2.05) is 73.0 Å². The number of hydrogen-bond donors (Lipinski definition) is 2. The summed E-state index contributed by atoms with van der Waals surface area (Å²) in [6, 6.07) is 20.7. The number of thiophene rings is 1. The van der Waals surface area contributed by atoms with Gasteiger partial charge in [-0.05, 0) is 60.3 Å². The number of para-hydroxylation sites is 1. The van der Waals surface area contributed by atoms with Gasteiger partial charge in [0.25, 0.3) is 5.91 Å². The average Bonchev–Trinajstić information content (AvgIpc) is 3.45. The Bertz CT molecular complexity index is 1220. The van der Waals surface area contributed by atoms with Gasteiger partial charge in [-0.2, -0.15) is 5.10 Å². The SMILES string of the molecule is Cc1cc(Br)ccc1NC(=O)CNC(=O)c1cc(-c2cccs2)nn1-c1ccccc1. The van der Waals surface area contributed by atoms with Crippen molar-refractivity contribution in [3.8, 4) is 16.3 Å². The molecule has 31 heavy (non-hydrogen) atoms. The summed E-state index contributed by atoms with van der Waals surface area (Å²) in [5, 5.41) is 12.1. The number of rotatable bonds is 6. The van der Waals surface area contributed by atoms with Crippen molar-refractivity contribution in [1.29, 1.82) is 0 Å². The van der Waals surface area contributed by atoms with E-state index in [-0.39, 0.29) is 18.4 Å². The van der Waals surface area contributed by atoms with Crippen molar-refractivity contribution < 1.29 is 9.59 Å². The lowest BCUT2D eigenvalue weighted by Crippen LogP contribution is -2.34. The zero-order chi connectivity index (χ0) is 21.8. The summed E-state index contributed by atoms with van der Waals surface area (Å²) in [5.41, 5.74) is 3.47. The topological polar surface area (TPSA) is 76.0 Å². The van der Waals surface area contributed by atoms with Crippen molar-refractivity contribution >= 4 is 44.8 Å². The summed E-state index contributed by atoms with van der Waals surface area (Å²) in [7, 11) is 0. The molecule has 6 nitrogen and oxygen atoms in total. The van der Waals surface area contributed by atoms with Crippen molar-refractivity contribution in [1.82, 2.24) is 15.1 Å². The largest absolute Gasteiger partial charge is 0.342 e. The zero-order valence-corrected chi connectivity index (χ0v) is 19.0. The van der Waals surface area contributed by atoms with Crippen molar-refractivity contribution in [2.75, 3.05) is 11.9 Å². The van der Waals surface area contributed by atoms with Crippen LogP contribution < -0.4 is 10.6 Å².